The summed E-state index contributed by atoms with van der Waals surface area (Å²) in [6.45, 7) is 6.14. The summed E-state index contributed by atoms with van der Waals surface area (Å²) in [6, 6.07) is 26.4. The Hall–Kier alpha value is -2.78. The van der Waals surface area contributed by atoms with Crippen molar-refractivity contribution >= 4 is 0 Å². The minimum Gasteiger partial charge on any atom is -0.115 e. The third-order valence-electron chi connectivity index (χ3n) is 5.34. The molecule has 3 aromatic carbocycles. The van der Waals surface area contributed by atoms with E-state index in [2.05, 4.69) is 85.6 Å². The van der Waals surface area contributed by atoms with Crippen LogP contribution in [0.15, 0.2) is 72.8 Å². The van der Waals surface area contributed by atoms with E-state index in [1.165, 1.54) is 27.8 Å². The average molecular weight is 340 g/mol. The highest BCUT2D eigenvalue weighted by atomic mass is 14.4. The molecule has 1 radical (unpaired) electrons. The molecular formula is C26H27. The minimum atomic E-state index is -0.0720. The average Bonchev–Trinajstić information content (AvgIpc) is 3.11. The molecule has 26 heavy (non-hydrogen) atoms. The Balaban J connectivity index is 0.000000844. The van der Waals surface area contributed by atoms with Gasteiger partial charge in [-0.2, -0.15) is 0 Å². The van der Waals surface area contributed by atoms with Crippen LogP contribution in [-0.4, -0.2) is 0 Å². The molecule has 4 rings (SSSR count). The van der Waals surface area contributed by atoms with Gasteiger partial charge in [-0.3, -0.25) is 0 Å². The first kappa shape index (κ1) is 18.0. The van der Waals surface area contributed by atoms with Crippen LogP contribution < -0.4 is 0 Å². The Kier molecular flexibility index (Phi) is 5.29. The predicted molar refractivity (Wildman–Crippen MR) is 113 cm³/mol. The number of hydrogen-bond donors (Lipinski definition) is 0. The van der Waals surface area contributed by atoms with Gasteiger partial charge < -0.3 is 0 Å². The smallest absolute Gasteiger partial charge is 0.0457 e. The van der Waals surface area contributed by atoms with Gasteiger partial charge in [-0.15, -0.1) is 6.42 Å². The molecule has 0 fully saturated rings. The van der Waals surface area contributed by atoms with Gasteiger partial charge in [-0.25, -0.2) is 0 Å². The minimum absolute atomic E-state index is 0. The van der Waals surface area contributed by atoms with Crippen LogP contribution in [0.5, 0.6) is 0 Å². The van der Waals surface area contributed by atoms with E-state index in [4.69, 9.17) is 6.42 Å². The van der Waals surface area contributed by atoms with Gasteiger partial charge in [0, 0.05) is 12.4 Å². The fourth-order valence-corrected chi connectivity index (χ4v) is 4.07. The Morgan fingerprint density at radius 2 is 1.42 bits per heavy atom. The lowest BCUT2D eigenvalue weighted by Gasteiger charge is -2.32. The molecule has 0 aliphatic heterocycles. The van der Waals surface area contributed by atoms with Crippen molar-refractivity contribution in [3.63, 3.8) is 0 Å². The van der Waals surface area contributed by atoms with E-state index in [1.54, 1.807) is 0 Å². The standard InChI is InChI=1S/C24H20.C2H6.H/c1-3-19-10-14-22(15-11-19)24(21-12-8-18(2)9-13-21)17-16-20-6-4-5-7-23(20)24;1-2;/h1,4-15H,16-17H2,2H3;1-2H3;. The zero-order chi connectivity index (χ0) is 18.6. The second-order valence-corrected chi connectivity index (χ2v) is 6.65. The highest BCUT2D eigenvalue weighted by molar-refractivity contribution is 5.57. The van der Waals surface area contributed by atoms with E-state index in [9.17, 15) is 0 Å². The molecule has 1 atom stereocenters. The Labute approximate surface area is 159 Å². The van der Waals surface area contributed by atoms with Gasteiger partial charge in [0.1, 0.15) is 0 Å². The van der Waals surface area contributed by atoms with Gasteiger partial charge >= 0.3 is 0 Å². The zero-order valence-corrected chi connectivity index (χ0v) is 15.9. The largest absolute Gasteiger partial charge is 0.115 e. The van der Waals surface area contributed by atoms with Crippen molar-refractivity contribution in [3.05, 3.63) is 106 Å². The topological polar surface area (TPSA) is 0 Å². The highest BCUT2D eigenvalue weighted by Gasteiger charge is 2.41. The summed E-state index contributed by atoms with van der Waals surface area (Å²) >= 11 is 0. The van der Waals surface area contributed by atoms with Crippen molar-refractivity contribution in [3.8, 4) is 12.3 Å². The normalized spacial score (nSPS) is 17.6. The van der Waals surface area contributed by atoms with Crippen molar-refractivity contribution in [1.29, 1.82) is 0 Å². The van der Waals surface area contributed by atoms with E-state index < -0.39 is 0 Å². The Morgan fingerprint density at radius 1 is 0.846 bits per heavy atom. The van der Waals surface area contributed by atoms with Crippen LogP contribution in [0.3, 0.4) is 0 Å². The van der Waals surface area contributed by atoms with E-state index in [-0.39, 0.29) is 6.84 Å². The maximum atomic E-state index is 5.54. The summed E-state index contributed by atoms with van der Waals surface area (Å²) in [4.78, 5) is 0. The van der Waals surface area contributed by atoms with Crippen LogP contribution >= 0.6 is 0 Å². The number of terminal acetylenes is 1. The Morgan fingerprint density at radius 3 is 2.04 bits per heavy atom. The van der Waals surface area contributed by atoms with Crippen LogP contribution in [0.25, 0.3) is 0 Å². The number of hydrogen-bond acceptors (Lipinski definition) is 0. The molecule has 0 heterocycles. The van der Waals surface area contributed by atoms with Crippen molar-refractivity contribution in [2.24, 2.45) is 0 Å². The Bertz CT molecular complexity index is 914. The molecule has 1 unspecified atom stereocenters. The molecule has 3 aromatic rings. The summed E-state index contributed by atoms with van der Waals surface area (Å²) < 4.78 is 0. The number of aryl methyl sites for hydroxylation is 2. The summed E-state index contributed by atoms with van der Waals surface area (Å²) in [5.41, 5.74) is 7.74. The van der Waals surface area contributed by atoms with Crippen molar-refractivity contribution in [2.45, 2.75) is 39.0 Å². The van der Waals surface area contributed by atoms with E-state index >= 15 is 0 Å². The molecule has 0 saturated heterocycles. The second kappa shape index (κ2) is 7.63. The lowest BCUT2D eigenvalue weighted by atomic mass is 9.70. The molecule has 0 N–H and O–H groups in total. The number of fused-ring (bicyclic) bond motifs is 1. The molecular weight excluding hydrogens is 312 g/mol. The summed E-state index contributed by atoms with van der Waals surface area (Å²) in [6.07, 6.45) is 7.75. The van der Waals surface area contributed by atoms with Gasteiger partial charge in [-0.1, -0.05) is 86.0 Å². The molecule has 0 saturated carbocycles. The maximum Gasteiger partial charge on any atom is 0.0457 e. The monoisotopic (exact) mass is 339 g/mol. The summed E-state index contributed by atoms with van der Waals surface area (Å²) in [5.74, 6) is 2.72. The van der Waals surface area contributed by atoms with Crippen LogP contribution in [0.4, 0.5) is 0 Å². The molecule has 0 amide bonds. The second-order valence-electron chi connectivity index (χ2n) is 6.65. The third-order valence-corrected chi connectivity index (χ3v) is 5.34. The van der Waals surface area contributed by atoms with Crippen LogP contribution in [0, 0.1) is 19.3 Å². The first-order valence-electron chi connectivity index (χ1n) is 9.47. The molecule has 0 aromatic heterocycles. The molecule has 0 spiro atoms. The van der Waals surface area contributed by atoms with Gasteiger partial charge in [-0.05, 0) is 54.2 Å². The maximum absolute atomic E-state index is 5.54. The van der Waals surface area contributed by atoms with Crippen molar-refractivity contribution in [2.75, 3.05) is 0 Å². The quantitative estimate of drug-likeness (QED) is 0.474. The number of benzene rings is 3. The van der Waals surface area contributed by atoms with E-state index in [0.717, 1.165) is 18.4 Å². The molecule has 0 heteroatoms. The molecule has 0 nitrogen and oxygen atoms in total. The summed E-state index contributed by atoms with van der Waals surface area (Å²) in [7, 11) is 0. The lowest BCUT2D eigenvalue weighted by molar-refractivity contribution is 0.610. The summed E-state index contributed by atoms with van der Waals surface area (Å²) in [5, 5.41) is 0. The van der Waals surface area contributed by atoms with Gasteiger partial charge in [0.05, 0.1) is 0 Å². The van der Waals surface area contributed by atoms with E-state index in [1.807, 2.05) is 13.8 Å². The van der Waals surface area contributed by atoms with Crippen LogP contribution in [0.1, 0.15) is 55.1 Å². The van der Waals surface area contributed by atoms with Crippen molar-refractivity contribution < 1.29 is 1.43 Å². The molecule has 0 bridgehead atoms. The SMILES string of the molecule is C#Cc1ccc(C2(c3ccc(C)cc3)CCc3ccccc32)cc1.CC.[H]. The first-order valence-corrected chi connectivity index (χ1v) is 9.47. The molecule has 131 valence electrons. The van der Waals surface area contributed by atoms with Crippen molar-refractivity contribution in [1.82, 2.24) is 0 Å². The fourth-order valence-electron chi connectivity index (χ4n) is 4.07. The fraction of sp³-hybridized carbons (Fsp3) is 0.231. The van der Waals surface area contributed by atoms with Gasteiger partial charge in [0.15, 0.2) is 0 Å². The number of rotatable bonds is 2. The predicted octanol–water partition coefficient (Wildman–Crippen LogP) is 6.40. The van der Waals surface area contributed by atoms with Crippen LogP contribution in [0.2, 0.25) is 0 Å². The zero-order valence-electron chi connectivity index (χ0n) is 16.9. The first-order chi connectivity index (χ1) is 12.7. The van der Waals surface area contributed by atoms with E-state index in [0.29, 0.717) is 0 Å². The molecule has 1 aliphatic carbocycles. The third kappa shape index (κ3) is 2.95. The van der Waals surface area contributed by atoms with Crippen LogP contribution in [-0.2, 0) is 11.8 Å². The lowest BCUT2D eigenvalue weighted by Crippen LogP contribution is -2.26. The molecule has 1 aliphatic rings. The van der Waals surface area contributed by atoms with Gasteiger partial charge in [0.25, 0.3) is 0 Å². The van der Waals surface area contributed by atoms with Gasteiger partial charge in [0.2, 0.25) is 0 Å². The highest BCUT2D eigenvalue weighted by Crippen LogP contribution is 2.48.